The lowest BCUT2D eigenvalue weighted by molar-refractivity contribution is 0.104. The second kappa shape index (κ2) is 7.52. The van der Waals surface area contributed by atoms with Crippen molar-refractivity contribution in [1.29, 1.82) is 0 Å². The van der Waals surface area contributed by atoms with Gasteiger partial charge in [-0.05, 0) is 30.7 Å². The van der Waals surface area contributed by atoms with E-state index in [0.717, 1.165) is 17.9 Å². The van der Waals surface area contributed by atoms with E-state index in [0.29, 0.717) is 30.6 Å². The maximum Gasteiger partial charge on any atom is 0.407 e. The van der Waals surface area contributed by atoms with E-state index < -0.39 is 6.09 Å². The van der Waals surface area contributed by atoms with Crippen molar-refractivity contribution in [2.24, 2.45) is 5.92 Å². The smallest absolute Gasteiger partial charge is 0.407 e. The fourth-order valence-corrected chi connectivity index (χ4v) is 2.22. The van der Waals surface area contributed by atoms with Crippen LogP contribution in [0.2, 0.25) is 5.02 Å². The van der Waals surface area contributed by atoms with Gasteiger partial charge in [0.15, 0.2) is 6.10 Å². The average molecular weight is 313 g/mol. The summed E-state index contributed by atoms with van der Waals surface area (Å²) in [5.74, 6) is 1.34. The Bertz CT molecular complexity index is 494. The van der Waals surface area contributed by atoms with Crippen molar-refractivity contribution in [3.63, 3.8) is 0 Å². The van der Waals surface area contributed by atoms with Crippen molar-refractivity contribution >= 4 is 17.7 Å². The third-order valence-electron chi connectivity index (χ3n) is 3.06. The van der Waals surface area contributed by atoms with Gasteiger partial charge < -0.3 is 20.1 Å². The highest BCUT2D eigenvalue weighted by Gasteiger charge is 2.23. The fourth-order valence-electron chi connectivity index (χ4n) is 2.03. The summed E-state index contributed by atoms with van der Waals surface area (Å²) in [5.41, 5.74) is 1.00. The number of carbonyl (C=O) groups excluding carboxylic acids is 1. The minimum atomic E-state index is -0.390. The molecule has 0 bridgehead atoms. The largest absolute Gasteiger partial charge is 0.489 e. The Hall–Kier alpha value is -1.46. The molecule has 1 aliphatic heterocycles. The third-order valence-corrected chi connectivity index (χ3v) is 3.30. The van der Waals surface area contributed by atoms with Crippen LogP contribution in [0.3, 0.4) is 0 Å². The van der Waals surface area contributed by atoms with Crippen LogP contribution in [-0.2, 0) is 11.3 Å². The van der Waals surface area contributed by atoms with Crippen LogP contribution in [0.15, 0.2) is 18.2 Å². The maximum absolute atomic E-state index is 11.0. The SMILES string of the molecule is CC(C)CNCc1cc(Cl)ccc1OCC1CNC(=O)O1. The summed E-state index contributed by atoms with van der Waals surface area (Å²) in [6, 6.07) is 5.53. The highest BCUT2D eigenvalue weighted by atomic mass is 35.5. The van der Waals surface area contributed by atoms with E-state index >= 15 is 0 Å². The molecule has 0 aliphatic carbocycles. The molecule has 1 heterocycles. The zero-order chi connectivity index (χ0) is 15.2. The summed E-state index contributed by atoms with van der Waals surface area (Å²) >= 11 is 6.04. The Labute approximate surface area is 130 Å². The van der Waals surface area contributed by atoms with E-state index in [4.69, 9.17) is 21.1 Å². The predicted octanol–water partition coefficient (Wildman–Crippen LogP) is 2.57. The standard InChI is InChI=1S/C15H21ClN2O3/c1-10(2)6-17-7-11-5-12(16)3-4-14(11)20-9-13-8-18-15(19)21-13/h3-5,10,13,17H,6-9H2,1-2H3,(H,18,19). The first-order chi connectivity index (χ1) is 10.0. The molecule has 5 nitrogen and oxygen atoms in total. The second-order valence-corrected chi connectivity index (χ2v) is 5.93. The van der Waals surface area contributed by atoms with Crippen LogP contribution in [-0.4, -0.2) is 31.9 Å². The molecule has 1 unspecified atom stereocenters. The highest BCUT2D eigenvalue weighted by Crippen LogP contribution is 2.23. The highest BCUT2D eigenvalue weighted by molar-refractivity contribution is 6.30. The van der Waals surface area contributed by atoms with Crippen molar-refractivity contribution in [3.8, 4) is 5.75 Å². The Morgan fingerprint density at radius 2 is 2.33 bits per heavy atom. The second-order valence-electron chi connectivity index (χ2n) is 5.50. The van der Waals surface area contributed by atoms with E-state index in [2.05, 4.69) is 24.5 Å². The molecule has 1 saturated heterocycles. The van der Waals surface area contributed by atoms with E-state index in [1.165, 1.54) is 0 Å². The molecular formula is C15H21ClN2O3. The van der Waals surface area contributed by atoms with Crippen molar-refractivity contribution in [3.05, 3.63) is 28.8 Å². The monoisotopic (exact) mass is 312 g/mol. The summed E-state index contributed by atoms with van der Waals surface area (Å²) in [6.45, 7) is 6.74. The number of cyclic esters (lactones) is 1. The van der Waals surface area contributed by atoms with Crippen molar-refractivity contribution in [2.75, 3.05) is 19.7 Å². The van der Waals surface area contributed by atoms with E-state index in [1.54, 1.807) is 6.07 Å². The van der Waals surface area contributed by atoms with Crippen LogP contribution >= 0.6 is 11.6 Å². The van der Waals surface area contributed by atoms with E-state index in [-0.39, 0.29) is 6.10 Å². The van der Waals surface area contributed by atoms with Gasteiger partial charge in [-0.3, -0.25) is 0 Å². The molecule has 2 N–H and O–H groups in total. The Balaban J connectivity index is 1.92. The first-order valence-electron chi connectivity index (χ1n) is 7.11. The first-order valence-corrected chi connectivity index (χ1v) is 7.49. The Morgan fingerprint density at radius 3 is 3.00 bits per heavy atom. The number of hydrogen-bond donors (Lipinski definition) is 2. The molecule has 1 amide bonds. The minimum Gasteiger partial charge on any atom is -0.489 e. The summed E-state index contributed by atoms with van der Waals surface area (Å²) in [7, 11) is 0. The molecule has 0 aromatic heterocycles. The van der Waals surface area contributed by atoms with Gasteiger partial charge in [0.2, 0.25) is 0 Å². The molecule has 116 valence electrons. The molecule has 2 rings (SSSR count). The molecule has 1 aliphatic rings. The summed E-state index contributed by atoms with van der Waals surface area (Å²) in [4.78, 5) is 11.0. The molecule has 0 saturated carbocycles. The number of rotatable bonds is 7. The number of halogens is 1. The third kappa shape index (κ3) is 5.10. The van der Waals surface area contributed by atoms with Crippen LogP contribution in [0.25, 0.3) is 0 Å². The van der Waals surface area contributed by atoms with Gasteiger partial charge in [0.25, 0.3) is 0 Å². The number of benzene rings is 1. The van der Waals surface area contributed by atoms with Crippen molar-refractivity contribution in [2.45, 2.75) is 26.5 Å². The van der Waals surface area contributed by atoms with E-state index in [1.807, 2.05) is 12.1 Å². The van der Waals surface area contributed by atoms with Gasteiger partial charge in [-0.1, -0.05) is 25.4 Å². The Kier molecular flexibility index (Phi) is 5.70. The summed E-state index contributed by atoms with van der Waals surface area (Å²) < 4.78 is 10.8. The molecule has 0 spiro atoms. The van der Waals surface area contributed by atoms with Gasteiger partial charge in [0.05, 0.1) is 6.54 Å². The molecule has 0 radical (unpaired) electrons. The summed E-state index contributed by atoms with van der Waals surface area (Å²) in [6.07, 6.45) is -0.636. The van der Waals surface area contributed by atoms with Crippen molar-refractivity contribution in [1.82, 2.24) is 10.6 Å². The van der Waals surface area contributed by atoms with Crippen LogP contribution in [0.4, 0.5) is 4.79 Å². The number of carbonyl (C=O) groups is 1. The van der Waals surface area contributed by atoms with Gasteiger partial charge in [0.1, 0.15) is 12.4 Å². The van der Waals surface area contributed by atoms with Gasteiger partial charge in [0, 0.05) is 17.1 Å². The molecule has 1 aromatic rings. The maximum atomic E-state index is 11.0. The zero-order valence-electron chi connectivity index (χ0n) is 12.3. The minimum absolute atomic E-state index is 0.246. The van der Waals surface area contributed by atoms with Crippen LogP contribution < -0.4 is 15.4 Å². The molecule has 21 heavy (non-hydrogen) atoms. The Morgan fingerprint density at radius 1 is 1.52 bits per heavy atom. The molecule has 1 atom stereocenters. The van der Waals surface area contributed by atoms with Crippen molar-refractivity contribution < 1.29 is 14.3 Å². The number of alkyl carbamates (subject to hydrolysis) is 1. The lowest BCUT2D eigenvalue weighted by atomic mass is 10.1. The van der Waals surface area contributed by atoms with Crippen LogP contribution in [0.5, 0.6) is 5.75 Å². The molecule has 1 aromatic carbocycles. The van der Waals surface area contributed by atoms with Crippen LogP contribution in [0.1, 0.15) is 19.4 Å². The van der Waals surface area contributed by atoms with Gasteiger partial charge in [-0.2, -0.15) is 0 Å². The molecule has 6 heteroatoms. The number of hydrogen-bond acceptors (Lipinski definition) is 4. The average Bonchev–Trinajstić information content (AvgIpc) is 2.83. The number of ether oxygens (including phenoxy) is 2. The fraction of sp³-hybridized carbons (Fsp3) is 0.533. The van der Waals surface area contributed by atoms with Crippen LogP contribution in [0, 0.1) is 5.92 Å². The first kappa shape index (κ1) is 15.9. The topological polar surface area (TPSA) is 59.6 Å². The van der Waals surface area contributed by atoms with Gasteiger partial charge in [-0.15, -0.1) is 0 Å². The van der Waals surface area contributed by atoms with E-state index in [9.17, 15) is 4.79 Å². The molecule has 1 fully saturated rings. The number of amides is 1. The lowest BCUT2D eigenvalue weighted by Gasteiger charge is -2.15. The zero-order valence-corrected chi connectivity index (χ0v) is 13.1. The molecular weight excluding hydrogens is 292 g/mol. The quantitative estimate of drug-likeness (QED) is 0.812. The lowest BCUT2D eigenvalue weighted by Crippen LogP contribution is -2.23. The van der Waals surface area contributed by atoms with Gasteiger partial charge >= 0.3 is 6.09 Å². The summed E-state index contributed by atoms with van der Waals surface area (Å²) in [5, 5.41) is 6.65. The predicted molar refractivity (Wildman–Crippen MR) is 81.8 cm³/mol. The van der Waals surface area contributed by atoms with Gasteiger partial charge in [-0.25, -0.2) is 4.79 Å². The number of nitrogens with one attached hydrogen (secondary N) is 2. The normalized spacial score (nSPS) is 17.7.